The largest absolute Gasteiger partial charge is 0.490 e. The van der Waals surface area contributed by atoms with Gasteiger partial charge in [0.25, 0.3) is 5.91 Å². The maximum Gasteiger partial charge on any atom is 0.270 e. The molecule has 1 aliphatic heterocycles. The van der Waals surface area contributed by atoms with Crippen LogP contribution in [0.25, 0.3) is 6.08 Å². The van der Waals surface area contributed by atoms with E-state index in [9.17, 15) is 9.18 Å². The van der Waals surface area contributed by atoms with Crippen molar-refractivity contribution in [1.29, 1.82) is 0 Å². The Bertz CT molecular complexity index is 1010. The lowest BCUT2D eigenvalue weighted by Crippen LogP contribution is -2.27. The summed E-state index contributed by atoms with van der Waals surface area (Å²) in [6.45, 7) is 6.34. The molecule has 0 atom stereocenters. The quantitative estimate of drug-likeness (QED) is 0.301. The molecule has 0 N–H and O–H groups in total. The molecule has 0 bridgehead atoms. The Morgan fingerprint density at radius 3 is 2.72 bits per heavy atom. The van der Waals surface area contributed by atoms with Gasteiger partial charge in [-0.2, -0.15) is 0 Å². The molecule has 3 rings (SSSR count). The number of hydrogen-bond acceptors (Lipinski definition) is 5. The van der Waals surface area contributed by atoms with Crippen molar-refractivity contribution in [1.82, 2.24) is 0 Å². The molecule has 1 aliphatic rings. The standard InChI is InChI=1S/C21H17ClFNO3S2/c1-3-9-27-17-8-5-13(10-18(17)26-4-2)11-19-20(25)24(21(28)29-19)14-6-7-16(23)15(22)12-14/h3,5-8,10-12H,1,4,9H2,2H3. The van der Waals surface area contributed by atoms with Crippen LogP contribution in [0.1, 0.15) is 12.5 Å². The Kier molecular flexibility index (Phi) is 6.95. The first-order valence-electron chi connectivity index (χ1n) is 8.68. The highest BCUT2D eigenvalue weighted by atomic mass is 35.5. The number of carbonyl (C=O) groups excluding carboxylic acids is 1. The average molecular weight is 450 g/mol. The van der Waals surface area contributed by atoms with E-state index in [0.29, 0.717) is 39.6 Å². The molecule has 2 aromatic carbocycles. The molecule has 1 amide bonds. The molecule has 0 radical (unpaired) electrons. The van der Waals surface area contributed by atoms with Gasteiger partial charge in [-0.3, -0.25) is 9.69 Å². The van der Waals surface area contributed by atoms with E-state index in [1.807, 2.05) is 13.0 Å². The summed E-state index contributed by atoms with van der Waals surface area (Å²) in [6.07, 6.45) is 3.38. The summed E-state index contributed by atoms with van der Waals surface area (Å²) >= 11 is 12.3. The molecule has 0 aliphatic carbocycles. The Morgan fingerprint density at radius 2 is 2.03 bits per heavy atom. The Balaban J connectivity index is 1.89. The minimum Gasteiger partial charge on any atom is -0.490 e. The molecule has 29 heavy (non-hydrogen) atoms. The maximum atomic E-state index is 13.4. The number of halogens is 2. The van der Waals surface area contributed by atoms with Crippen LogP contribution in [0.4, 0.5) is 10.1 Å². The van der Waals surface area contributed by atoms with Gasteiger partial charge in [-0.1, -0.05) is 54.3 Å². The third-order valence-corrected chi connectivity index (χ3v) is 5.47. The van der Waals surface area contributed by atoms with Crippen LogP contribution in [-0.4, -0.2) is 23.4 Å². The molecule has 1 heterocycles. The highest BCUT2D eigenvalue weighted by Gasteiger charge is 2.33. The van der Waals surface area contributed by atoms with Gasteiger partial charge < -0.3 is 9.47 Å². The first-order valence-corrected chi connectivity index (χ1v) is 10.3. The minimum atomic E-state index is -0.557. The van der Waals surface area contributed by atoms with Gasteiger partial charge in [-0.15, -0.1) is 0 Å². The second-order valence-corrected chi connectivity index (χ2v) is 7.94. The number of hydrogen-bond donors (Lipinski definition) is 0. The predicted octanol–water partition coefficient (Wildman–Crippen LogP) is 5.85. The van der Waals surface area contributed by atoms with Crippen molar-refractivity contribution in [2.75, 3.05) is 18.1 Å². The summed E-state index contributed by atoms with van der Waals surface area (Å²) in [5.41, 5.74) is 1.18. The molecular formula is C21H17ClFNO3S2. The summed E-state index contributed by atoms with van der Waals surface area (Å²) in [7, 11) is 0. The van der Waals surface area contributed by atoms with Gasteiger partial charge in [0.15, 0.2) is 15.8 Å². The number of thiocarbonyl (C=S) groups is 1. The van der Waals surface area contributed by atoms with Gasteiger partial charge in [-0.25, -0.2) is 4.39 Å². The van der Waals surface area contributed by atoms with Crippen molar-refractivity contribution in [2.45, 2.75) is 6.92 Å². The van der Waals surface area contributed by atoms with E-state index >= 15 is 0 Å². The lowest BCUT2D eigenvalue weighted by Gasteiger charge is -2.14. The first kappa shape index (κ1) is 21.4. The van der Waals surface area contributed by atoms with Crippen LogP contribution in [-0.2, 0) is 4.79 Å². The summed E-state index contributed by atoms with van der Waals surface area (Å²) in [4.78, 5) is 14.7. The van der Waals surface area contributed by atoms with Gasteiger partial charge in [0.05, 0.1) is 22.2 Å². The van der Waals surface area contributed by atoms with E-state index in [-0.39, 0.29) is 10.9 Å². The zero-order valence-corrected chi connectivity index (χ0v) is 17.9. The van der Waals surface area contributed by atoms with Gasteiger partial charge in [-0.05, 0) is 48.9 Å². The van der Waals surface area contributed by atoms with Crippen LogP contribution in [0.15, 0.2) is 54.0 Å². The third kappa shape index (κ3) is 4.80. The number of nitrogens with zero attached hydrogens (tertiary/aromatic N) is 1. The smallest absolute Gasteiger partial charge is 0.270 e. The monoisotopic (exact) mass is 449 g/mol. The SMILES string of the molecule is C=CCOc1ccc(C=C2SC(=S)N(c3ccc(F)c(Cl)c3)C2=O)cc1OCC. The zero-order valence-electron chi connectivity index (χ0n) is 15.5. The Hall–Kier alpha value is -2.35. The Morgan fingerprint density at radius 1 is 1.24 bits per heavy atom. The fourth-order valence-corrected chi connectivity index (χ4v) is 4.09. The zero-order chi connectivity index (χ0) is 21.0. The number of rotatable bonds is 7. The molecule has 0 spiro atoms. The van der Waals surface area contributed by atoms with Crippen LogP contribution < -0.4 is 14.4 Å². The van der Waals surface area contributed by atoms with Gasteiger partial charge in [0.1, 0.15) is 12.4 Å². The lowest BCUT2D eigenvalue weighted by molar-refractivity contribution is -0.113. The molecule has 0 saturated carbocycles. The Labute approximate surface area is 182 Å². The molecular weight excluding hydrogens is 433 g/mol. The summed E-state index contributed by atoms with van der Waals surface area (Å²) in [6, 6.07) is 9.44. The molecule has 1 saturated heterocycles. The van der Waals surface area contributed by atoms with Crippen LogP contribution >= 0.6 is 35.6 Å². The number of ether oxygens (including phenoxy) is 2. The molecule has 150 valence electrons. The number of anilines is 1. The predicted molar refractivity (Wildman–Crippen MR) is 120 cm³/mol. The van der Waals surface area contributed by atoms with Crippen molar-refractivity contribution in [3.8, 4) is 11.5 Å². The van der Waals surface area contributed by atoms with Gasteiger partial charge in [0, 0.05) is 0 Å². The summed E-state index contributed by atoms with van der Waals surface area (Å²) in [5, 5.41) is -0.0722. The fraction of sp³-hybridized carbons (Fsp3) is 0.143. The fourth-order valence-electron chi connectivity index (χ4n) is 2.62. The van der Waals surface area contributed by atoms with Crippen LogP contribution in [0.3, 0.4) is 0 Å². The molecule has 0 unspecified atom stereocenters. The molecule has 2 aromatic rings. The van der Waals surface area contributed by atoms with Crippen molar-refractivity contribution in [3.63, 3.8) is 0 Å². The summed E-state index contributed by atoms with van der Waals surface area (Å²) in [5.74, 6) is 0.313. The molecule has 4 nitrogen and oxygen atoms in total. The van der Waals surface area contributed by atoms with E-state index in [1.54, 1.807) is 24.3 Å². The van der Waals surface area contributed by atoms with Crippen molar-refractivity contribution in [3.05, 3.63) is 70.4 Å². The lowest BCUT2D eigenvalue weighted by atomic mass is 10.1. The van der Waals surface area contributed by atoms with Crippen LogP contribution in [0.2, 0.25) is 5.02 Å². The van der Waals surface area contributed by atoms with Crippen LogP contribution in [0, 0.1) is 5.82 Å². The highest BCUT2D eigenvalue weighted by Crippen LogP contribution is 2.38. The number of amides is 1. The van der Waals surface area contributed by atoms with Gasteiger partial charge in [0.2, 0.25) is 0 Å². The van der Waals surface area contributed by atoms with Crippen LogP contribution in [0.5, 0.6) is 11.5 Å². The van der Waals surface area contributed by atoms with E-state index in [1.165, 1.54) is 34.9 Å². The first-order chi connectivity index (χ1) is 13.9. The second kappa shape index (κ2) is 9.43. The van der Waals surface area contributed by atoms with E-state index in [0.717, 1.165) is 5.56 Å². The average Bonchev–Trinajstić information content (AvgIpc) is 2.97. The number of benzene rings is 2. The highest BCUT2D eigenvalue weighted by molar-refractivity contribution is 8.27. The van der Waals surface area contributed by atoms with Crippen molar-refractivity contribution in [2.24, 2.45) is 0 Å². The molecule has 0 aromatic heterocycles. The third-order valence-electron chi connectivity index (χ3n) is 3.88. The van der Waals surface area contributed by atoms with Crippen molar-refractivity contribution < 1.29 is 18.7 Å². The molecule has 8 heteroatoms. The minimum absolute atomic E-state index is 0.0722. The topological polar surface area (TPSA) is 38.8 Å². The number of carbonyl (C=O) groups is 1. The number of thioether (sulfide) groups is 1. The second-order valence-electron chi connectivity index (χ2n) is 5.85. The van der Waals surface area contributed by atoms with E-state index in [2.05, 4.69) is 6.58 Å². The van der Waals surface area contributed by atoms with E-state index < -0.39 is 5.82 Å². The summed E-state index contributed by atoms with van der Waals surface area (Å²) < 4.78 is 25.0. The maximum absolute atomic E-state index is 13.4. The van der Waals surface area contributed by atoms with E-state index in [4.69, 9.17) is 33.3 Å². The van der Waals surface area contributed by atoms with Crippen molar-refractivity contribution >= 4 is 57.6 Å². The molecule has 1 fully saturated rings. The normalized spacial score (nSPS) is 15.1. The van der Waals surface area contributed by atoms with Gasteiger partial charge >= 0.3 is 0 Å².